The van der Waals surface area contributed by atoms with Crippen LogP contribution in [0.15, 0.2) is 53.9 Å². The van der Waals surface area contributed by atoms with E-state index in [-0.39, 0.29) is 18.8 Å². The Morgan fingerprint density at radius 1 is 1.21 bits per heavy atom. The molecule has 0 saturated heterocycles. The summed E-state index contributed by atoms with van der Waals surface area (Å²) in [6.45, 7) is 0.0955. The minimum Gasteiger partial charge on any atom is -0.459 e. The monoisotopic (exact) mass is 361 g/mol. The molecule has 6 heteroatoms. The molecular weight excluding hydrogens is 349 g/mol. The van der Waals surface area contributed by atoms with Crippen molar-refractivity contribution in [2.45, 2.75) is 13.0 Å². The van der Waals surface area contributed by atoms with Crippen molar-refractivity contribution in [3.05, 3.63) is 76.0 Å². The van der Waals surface area contributed by atoms with Crippen molar-refractivity contribution in [1.82, 2.24) is 4.98 Å². The first-order valence-electron chi connectivity index (χ1n) is 7.20. The van der Waals surface area contributed by atoms with Crippen LogP contribution in [0.2, 0.25) is 5.02 Å². The molecule has 0 spiro atoms. The van der Waals surface area contributed by atoms with Crippen LogP contribution < -0.4 is 0 Å². The quantitative estimate of drug-likeness (QED) is 0.607. The van der Waals surface area contributed by atoms with E-state index in [4.69, 9.17) is 16.3 Å². The molecule has 0 atom stereocenters. The number of esters is 1. The van der Waals surface area contributed by atoms with Crippen molar-refractivity contribution in [3.63, 3.8) is 0 Å². The number of hydrogen-bond acceptors (Lipinski definition) is 4. The summed E-state index contributed by atoms with van der Waals surface area (Å²) in [4.78, 5) is 16.3. The first kappa shape index (κ1) is 16.6. The van der Waals surface area contributed by atoms with Crippen molar-refractivity contribution in [2.75, 3.05) is 0 Å². The van der Waals surface area contributed by atoms with Crippen LogP contribution in [0.25, 0.3) is 10.6 Å². The second-order valence-electron chi connectivity index (χ2n) is 5.12. The summed E-state index contributed by atoms with van der Waals surface area (Å²) >= 11 is 7.34. The van der Waals surface area contributed by atoms with Crippen LogP contribution in [0.1, 0.15) is 11.3 Å². The molecule has 0 radical (unpaired) electrons. The third kappa shape index (κ3) is 4.40. The van der Waals surface area contributed by atoms with Gasteiger partial charge in [0.2, 0.25) is 0 Å². The Morgan fingerprint density at radius 2 is 2.00 bits per heavy atom. The largest absolute Gasteiger partial charge is 0.459 e. The Balaban J connectivity index is 1.57. The van der Waals surface area contributed by atoms with Gasteiger partial charge in [0.05, 0.1) is 12.1 Å². The summed E-state index contributed by atoms with van der Waals surface area (Å²) < 4.78 is 18.3. The molecule has 0 N–H and O–H groups in total. The second-order valence-corrected chi connectivity index (χ2v) is 6.41. The van der Waals surface area contributed by atoms with Gasteiger partial charge in [-0.2, -0.15) is 0 Å². The molecule has 1 heterocycles. The summed E-state index contributed by atoms with van der Waals surface area (Å²) in [5.41, 5.74) is 2.22. The average molecular weight is 362 g/mol. The van der Waals surface area contributed by atoms with Crippen LogP contribution in [0.4, 0.5) is 4.39 Å². The van der Waals surface area contributed by atoms with E-state index in [1.54, 1.807) is 24.3 Å². The van der Waals surface area contributed by atoms with E-state index >= 15 is 0 Å². The fourth-order valence-electron chi connectivity index (χ4n) is 2.12. The van der Waals surface area contributed by atoms with Crippen molar-refractivity contribution >= 4 is 28.9 Å². The molecule has 0 fully saturated rings. The van der Waals surface area contributed by atoms with E-state index in [0.717, 1.165) is 10.6 Å². The second kappa shape index (κ2) is 7.55. The summed E-state index contributed by atoms with van der Waals surface area (Å²) in [6.07, 6.45) is 0.0337. The fraction of sp³-hybridized carbons (Fsp3) is 0.111. The molecular formula is C18H13ClFNO2S. The van der Waals surface area contributed by atoms with Crippen LogP contribution in [0.3, 0.4) is 0 Å². The van der Waals surface area contributed by atoms with Crippen molar-refractivity contribution in [3.8, 4) is 10.6 Å². The zero-order valence-electron chi connectivity index (χ0n) is 12.5. The van der Waals surface area contributed by atoms with Crippen LogP contribution >= 0.6 is 22.9 Å². The number of thiazole rings is 1. The highest BCUT2D eigenvalue weighted by Crippen LogP contribution is 2.25. The molecule has 1 aromatic heterocycles. The third-order valence-corrected chi connectivity index (χ3v) is 4.45. The Labute approximate surface area is 147 Å². The molecule has 0 saturated carbocycles. The number of halogens is 2. The fourth-order valence-corrected chi connectivity index (χ4v) is 3.05. The Kier molecular flexibility index (Phi) is 5.23. The lowest BCUT2D eigenvalue weighted by Gasteiger charge is -2.03. The smallest absolute Gasteiger partial charge is 0.310 e. The van der Waals surface area contributed by atoms with Crippen molar-refractivity contribution in [1.29, 1.82) is 0 Å². The van der Waals surface area contributed by atoms with Gasteiger partial charge in [0, 0.05) is 16.0 Å². The molecule has 0 aliphatic heterocycles. The molecule has 122 valence electrons. The van der Waals surface area contributed by atoms with E-state index in [1.807, 2.05) is 17.5 Å². The van der Waals surface area contributed by atoms with Gasteiger partial charge >= 0.3 is 5.97 Å². The molecule has 3 aromatic rings. The number of hydrogen-bond donors (Lipinski definition) is 0. The van der Waals surface area contributed by atoms with Gasteiger partial charge < -0.3 is 4.74 Å². The van der Waals surface area contributed by atoms with Gasteiger partial charge in [0.1, 0.15) is 17.4 Å². The minimum absolute atomic E-state index is 0.0337. The van der Waals surface area contributed by atoms with Gasteiger partial charge in [-0.05, 0) is 29.8 Å². The van der Waals surface area contributed by atoms with E-state index in [9.17, 15) is 9.18 Å². The molecule has 0 aliphatic rings. The van der Waals surface area contributed by atoms with Gasteiger partial charge in [0.15, 0.2) is 0 Å². The Hall–Kier alpha value is -2.24. The highest BCUT2D eigenvalue weighted by atomic mass is 35.5. The molecule has 0 amide bonds. The molecule has 24 heavy (non-hydrogen) atoms. The zero-order chi connectivity index (χ0) is 16.9. The standard InChI is InChI=1S/C18H13ClFNO2S/c19-14-6-4-13(5-7-14)18-21-16(11-24-18)10-23-17(22)9-12-2-1-3-15(20)8-12/h1-8,11H,9-10H2. The minimum atomic E-state index is -0.415. The van der Waals surface area contributed by atoms with E-state index in [0.29, 0.717) is 16.3 Å². The molecule has 0 aliphatic carbocycles. The van der Waals surface area contributed by atoms with Crippen LogP contribution in [0.5, 0.6) is 0 Å². The Bertz CT molecular complexity index is 848. The average Bonchev–Trinajstić information content (AvgIpc) is 3.03. The van der Waals surface area contributed by atoms with E-state index in [2.05, 4.69) is 4.98 Å². The number of carbonyl (C=O) groups is 1. The number of rotatable bonds is 5. The highest BCUT2D eigenvalue weighted by Gasteiger charge is 2.09. The van der Waals surface area contributed by atoms with E-state index in [1.165, 1.54) is 23.5 Å². The van der Waals surface area contributed by atoms with Gasteiger partial charge in [0.25, 0.3) is 0 Å². The highest BCUT2D eigenvalue weighted by molar-refractivity contribution is 7.13. The predicted octanol–water partition coefficient (Wildman–Crippen LogP) is 4.89. The van der Waals surface area contributed by atoms with Crippen LogP contribution in [0, 0.1) is 5.82 Å². The summed E-state index contributed by atoms with van der Waals surface area (Å²) in [5.74, 6) is -0.783. The van der Waals surface area contributed by atoms with Gasteiger partial charge in [-0.1, -0.05) is 35.9 Å². The van der Waals surface area contributed by atoms with Gasteiger partial charge in [-0.25, -0.2) is 9.37 Å². The number of carbonyl (C=O) groups excluding carboxylic acids is 1. The van der Waals surface area contributed by atoms with Crippen molar-refractivity contribution < 1.29 is 13.9 Å². The zero-order valence-corrected chi connectivity index (χ0v) is 14.1. The molecule has 3 rings (SSSR count). The first-order chi connectivity index (χ1) is 11.6. The first-order valence-corrected chi connectivity index (χ1v) is 8.46. The number of aromatic nitrogens is 1. The topological polar surface area (TPSA) is 39.2 Å². The van der Waals surface area contributed by atoms with Crippen molar-refractivity contribution in [2.24, 2.45) is 0 Å². The maximum Gasteiger partial charge on any atom is 0.310 e. The lowest BCUT2D eigenvalue weighted by atomic mass is 10.1. The predicted molar refractivity (Wildman–Crippen MR) is 92.5 cm³/mol. The van der Waals surface area contributed by atoms with Crippen LogP contribution in [-0.2, 0) is 22.6 Å². The molecule has 0 unspecified atom stereocenters. The maximum atomic E-state index is 13.1. The number of ether oxygens (including phenoxy) is 1. The third-order valence-electron chi connectivity index (χ3n) is 3.26. The SMILES string of the molecule is O=C(Cc1cccc(F)c1)OCc1csc(-c2ccc(Cl)cc2)n1. The van der Waals surface area contributed by atoms with Gasteiger partial charge in [-0.3, -0.25) is 4.79 Å². The summed E-state index contributed by atoms with van der Waals surface area (Å²) in [6, 6.07) is 13.3. The summed E-state index contributed by atoms with van der Waals surface area (Å²) in [5, 5.41) is 3.35. The maximum absolute atomic E-state index is 13.1. The lowest BCUT2D eigenvalue weighted by molar-refractivity contribution is -0.144. The molecule has 2 aromatic carbocycles. The normalized spacial score (nSPS) is 10.6. The van der Waals surface area contributed by atoms with E-state index < -0.39 is 5.97 Å². The summed E-state index contributed by atoms with van der Waals surface area (Å²) in [7, 11) is 0. The van der Waals surface area contributed by atoms with Crippen LogP contribution in [-0.4, -0.2) is 11.0 Å². The molecule has 3 nitrogen and oxygen atoms in total. The molecule has 0 bridgehead atoms. The number of benzene rings is 2. The number of nitrogens with zero attached hydrogens (tertiary/aromatic N) is 1. The Morgan fingerprint density at radius 3 is 2.75 bits per heavy atom. The lowest BCUT2D eigenvalue weighted by Crippen LogP contribution is -2.08. The van der Waals surface area contributed by atoms with Gasteiger partial charge in [-0.15, -0.1) is 11.3 Å².